The van der Waals surface area contributed by atoms with Crippen LogP contribution in [-0.4, -0.2) is 52.3 Å². The molecule has 1 fully saturated rings. The van der Waals surface area contributed by atoms with E-state index in [1.54, 1.807) is 20.7 Å². The van der Waals surface area contributed by atoms with Gasteiger partial charge in [-0.2, -0.15) is 0 Å². The highest BCUT2D eigenvalue weighted by Crippen LogP contribution is 2.14. The van der Waals surface area contributed by atoms with Gasteiger partial charge in [0, 0.05) is 31.1 Å². The molecule has 2 rings (SSSR count). The van der Waals surface area contributed by atoms with Crippen LogP contribution in [0.3, 0.4) is 0 Å². The number of hydrogen-bond acceptors (Lipinski definition) is 4. The van der Waals surface area contributed by atoms with Crippen LogP contribution < -0.4 is 0 Å². The smallest absolute Gasteiger partial charge is 0.273 e. The fourth-order valence-corrected chi connectivity index (χ4v) is 2.58. The van der Waals surface area contributed by atoms with Crippen molar-refractivity contribution in [1.29, 1.82) is 0 Å². The Bertz CT molecular complexity index is 458. The fourth-order valence-electron chi connectivity index (χ4n) is 2.05. The lowest BCUT2D eigenvalue weighted by molar-refractivity contribution is -0.128. The van der Waals surface area contributed by atoms with Gasteiger partial charge in [0.1, 0.15) is 5.69 Å². The van der Waals surface area contributed by atoms with Gasteiger partial charge in [-0.1, -0.05) is 6.58 Å². The summed E-state index contributed by atoms with van der Waals surface area (Å²) in [6.45, 7) is 7.04. The Morgan fingerprint density at radius 1 is 1.56 bits per heavy atom. The van der Waals surface area contributed by atoms with Crippen LogP contribution in [0.4, 0.5) is 0 Å². The van der Waals surface area contributed by atoms with Crippen molar-refractivity contribution in [3.05, 3.63) is 29.2 Å². The van der Waals surface area contributed by atoms with E-state index in [9.17, 15) is 9.59 Å². The summed E-state index contributed by atoms with van der Waals surface area (Å²) in [5.74, 6) is -0.142. The molecule has 96 valence electrons. The second kappa shape index (κ2) is 5.30. The molecule has 0 aliphatic carbocycles. The van der Waals surface area contributed by atoms with Gasteiger partial charge >= 0.3 is 0 Å². The van der Waals surface area contributed by atoms with E-state index in [0.29, 0.717) is 25.3 Å². The van der Waals surface area contributed by atoms with E-state index in [-0.39, 0.29) is 17.9 Å². The van der Waals surface area contributed by atoms with Gasteiger partial charge in [-0.25, -0.2) is 4.98 Å². The van der Waals surface area contributed by atoms with Crippen LogP contribution in [0.5, 0.6) is 0 Å². The molecule has 5 nitrogen and oxygen atoms in total. The lowest BCUT2D eigenvalue weighted by atomic mass is 10.1. The molecular formula is C12H15N3O2S. The molecule has 0 aromatic carbocycles. The number of aromatic nitrogens is 1. The summed E-state index contributed by atoms with van der Waals surface area (Å²) in [7, 11) is 0. The Morgan fingerprint density at radius 3 is 2.89 bits per heavy atom. The first kappa shape index (κ1) is 12.8. The first-order valence-electron chi connectivity index (χ1n) is 5.74. The molecular weight excluding hydrogens is 250 g/mol. The molecule has 1 aliphatic heterocycles. The number of piperazine rings is 1. The van der Waals surface area contributed by atoms with E-state index in [0.717, 1.165) is 0 Å². The highest BCUT2D eigenvalue weighted by atomic mass is 32.1. The van der Waals surface area contributed by atoms with Gasteiger partial charge < -0.3 is 9.80 Å². The van der Waals surface area contributed by atoms with Crippen LogP contribution in [0.2, 0.25) is 0 Å². The predicted octanol–water partition coefficient (Wildman–Crippen LogP) is 1.00. The first-order chi connectivity index (χ1) is 8.63. The fraction of sp³-hybridized carbons (Fsp3) is 0.417. The third-order valence-corrected chi connectivity index (χ3v) is 3.61. The summed E-state index contributed by atoms with van der Waals surface area (Å²) in [4.78, 5) is 31.2. The summed E-state index contributed by atoms with van der Waals surface area (Å²) < 4.78 is 0. The lowest BCUT2D eigenvalue weighted by Gasteiger charge is -2.39. The Kier molecular flexibility index (Phi) is 3.76. The highest BCUT2D eigenvalue weighted by molar-refractivity contribution is 7.07. The molecule has 1 saturated heterocycles. The molecule has 1 aromatic heterocycles. The molecule has 1 aliphatic rings. The zero-order valence-electron chi connectivity index (χ0n) is 10.2. The van der Waals surface area contributed by atoms with Crippen molar-refractivity contribution < 1.29 is 9.59 Å². The molecule has 6 heteroatoms. The van der Waals surface area contributed by atoms with Crippen LogP contribution >= 0.6 is 11.3 Å². The first-order valence-corrected chi connectivity index (χ1v) is 6.68. The monoisotopic (exact) mass is 265 g/mol. The summed E-state index contributed by atoms with van der Waals surface area (Å²) >= 11 is 1.41. The van der Waals surface area contributed by atoms with Gasteiger partial charge in [-0.05, 0) is 13.0 Å². The van der Waals surface area contributed by atoms with E-state index in [1.807, 2.05) is 6.92 Å². The summed E-state index contributed by atoms with van der Waals surface area (Å²) in [5.41, 5.74) is 2.13. The number of hydrogen-bond donors (Lipinski definition) is 0. The van der Waals surface area contributed by atoms with Crippen LogP contribution in [0, 0.1) is 0 Å². The van der Waals surface area contributed by atoms with Crippen LogP contribution in [-0.2, 0) is 4.79 Å². The minimum Gasteiger partial charge on any atom is -0.335 e. The van der Waals surface area contributed by atoms with E-state index in [1.165, 1.54) is 17.4 Å². The third kappa shape index (κ3) is 2.43. The second-order valence-corrected chi connectivity index (χ2v) is 4.93. The van der Waals surface area contributed by atoms with Crippen molar-refractivity contribution in [3.8, 4) is 0 Å². The van der Waals surface area contributed by atoms with E-state index >= 15 is 0 Å². The molecule has 0 unspecified atom stereocenters. The molecule has 0 radical (unpaired) electrons. The lowest BCUT2D eigenvalue weighted by Crippen LogP contribution is -2.55. The molecule has 1 aromatic rings. The third-order valence-electron chi connectivity index (χ3n) is 3.03. The van der Waals surface area contributed by atoms with Gasteiger partial charge in [0.2, 0.25) is 5.91 Å². The molecule has 2 heterocycles. The van der Waals surface area contributed by atoms with E-state index in [2.05, 4.69) is 11.6 Å². The zero-order chi connectivity index (χ0) is 13.1. The van der Waals surface area contributed by atoms with E-state index in [4.69, 9.17) is 0 Å². The SMILES string of the molecule is C=CC(=O)N1CCN(C(=O)c2cscn2)[C@@H](C)C1. The Morgan fingerprint density at radius 2 is 2.33 bits per heavy atom. The topological polar surface area (TPSA) is 53.5 Å². The number of amides is 2. The van der Waals surface area contributed by atoms with Gasteiger partial charge in [0.15, 0.2) is 0 Å². The maximum atomic E-state index is 12.2. The number of carbonyl (C=O) groups is 2. The molecule has 0 spiro atoms. The van der Waals surface area contributed by atoms with Crippen LogP contribution in [0.25, 0.3) is 0 Å². The zero-order valence-corrected chi connectivity index (χ0v) is 11.0. The van der Waals surface area contributed by atoms with Crippen LogP contribution in [0.1, 0.15) is 17.4 Å². The highest BCUT2D eigenvalue weighted by Gasteiger charge is 2.30. The number of rotatable bonds is 2. The molecule has 0 saturated carbocycles. The summed E-state index contributed by atoms with van der Waals surface area (Å²) in [5, 5.41) is 1.75. The van der Waals surface area contributed by atoms with Crippen molar-refractivity contribution in [3.63, 3.8) is 0 Å². The second-order valence-electron chi connectivity index (χ2n) is 4.21. The Hall–Kier alpha value is -1.69. The average Bonchev–Trinajstić information content (AvgIpc) is 2.90. The molecule has 0 bridgehead atoms. The Labute approximate surface area is 110 Å². The Balaban J connectivity index is 2.04. The predicted molar refractivity (Wildman–Crippen MR) is 69.4 cm³/mol. The van der Waals surface area contributed by atoms with Crippen molar-refractivity contribution in [2.45, 2.75) is 13.0 Å². The minimum absolute atomic E-state index is 0.00292. The number of nitrogens with zero attached hydrogens (tertiary/aromatic N) is 3. The van der Waals surface area contributed by atoms with Gasteiger partial charge in [0.05, 0.1) is 5.51 Å². The average molecular weight is 265 g/mol. The quantitative estimate of drug-likeness (QED) is 0.750. The maximum Gasteiger partial charge on any atom is 0.273 e. The van der Waals surface area contributed by atoms with Gasteiger partial charge in [-0.3, -0.25) is 9.59 Å². The van der Waals surface area contributed by atoms with Gasteiger partial charge in [-0.15, -0.1) is 11.3 Å². The summed E-state index contributed by atoms with van der Waals surface area (Å²) in [6, 6.07) is -0.00292. The van der Waals surface area contributed by atoms with Gasteiger partial charge in [0.25, 0.3) is 5.91 Å². The number of thiazole rings is 1. The largest absolute Gasteiger partial charge is 0.335 e. The van der Waals surface area contributed by atoms with Crippen LogP contribution in [0.15, 0.2) is 23.5 Å². The van der Waals surface area contributed by atoms with E-state index < -0.39 is 0 Å². The standard InChI is InChI=1S/C12H15N3O2S/c1-3-11(16)14-4-5-15(9(2)6-14)12(17)10-7-18-8-13-10/h3,7-9H,1,4-6H2,2H3/t9-/m0/s1. The summed E-state index contributed by atoms with van der Waals surface area (Å²) in [6.07, 6.45) is 1.31. The normalized spacial score (nSPS) is 19.7. The maximum absolute atomic E-state index is 12.2. The van der Waals surface area contributed by atoms with Crippen molar-refractivity contribution in [2.24, 2.45) is 0 Å². The van der Waals surface area contributed by atoms with Crippen molar-refractivity contribution in [2.75, 3.05) is 19.6 Å². The molecule has 1 atom stereocenters. The molecule has 18 heavy (non-hydrogen) atoms. The minimum atomic E-state index is -0.0809. The molecule has 0 N–H and O–H groups in total. The molecule has 2 amide bonds. The van der Waals surface area contributed by atoms with Crippen molar-refractivity contribution >= 4 is 23.2 Å². The van der Waals surface area contributed by atoms with Crippen molar-refractivity contribution in [1.82, 2.24) is 14.8 Å². The number of carbonyl (C=O) groups excluding carboxylic acids is 2.